The number of phosphoric ester groups is 1. The molecule has 0 saturated heterocycles. The lowest BCUT2D eigenvalue weighted by Gasteiger charge is -2.24. The van der Waals surface area contributed by atoms with Gasteiger partial charge in [0.25, 0.3) is 0 Å². The summed E-state index contributed by atoms with van der Waals surface area (Å²) in [6.07, 6.45) is 0. The van der Waals surface area contributed by atoms with Gasteiger partial charge in [0.1, 0.15) is 29.0 Å². The van der Waals surface area contributed by atoms with E-state index in [4.69, 9.17) is 14.2 Å². The molecule has 2 atom stereocenters. The molecule has 1 aromatic carbocycles. The van der Waals surface area contributed by atoms with E-state index in [-0.39, 0.29) is 12.4 Å². The number of aromatic nitrogens is 1. The Hall–Kier alpha value is -1.49. The van der Waals surface area contributed by atoms with E-state index in [2.05, 4.69) is 9.98 Å². The van der Waals surface area contributed by atoms with Gasteiger partial charge < -0.3 is 14.1 Å². The summed E-state index contributed by atoms with van der Waals surface area (Å²) in [5.74, 6) is -0.376. The molecule has 152 valence electrons. The number of rotatable bonds is 8. The SMILES string of the molecule is C[N+](C)(C)CCOP(=O)(O)Oc1ccc2nc(C3=N[C@@H](C(=O)O)CS3)sc2c1. The molecule has 9 nitrogen and oxygen atoms in total. The first kappa shape index (κ1) is 21.2. The van der Waals surface area contributed by atoms with Gasteiger partial charge >= 0.3 is 13.8 Å². The molecule has 1 aromatic heterocycles. The number of benzene rings is 1. The highest BCUT2D eigenvalue weighted by Gasteiger charge is 2.27. The molecule has 2 heterocycles. The van der Waals surface area contributed by atoms with Gasteiger partial charge in [-0.3, -0.25) is 14.4 Å². The summed E-state index contributed by atoms with van der Waals surface area (Å²) in [6, 6.07) is 4.07. The molecular formula is C16H21N3O6PS2+. The van der Waals surface area contributed by atoms with E-state index in [0.717, 1.165) is 4.70 Å². The normalized spacial score (nSPS) is 19.4. The third-order valence-electron chi connectivity index (χ3n) is 3.72. The van der Waals surface area contributed by atoms with Crippen LogP contribution in [0.2, 0.25) is 0 Å². The molecule has 0 spiro atoms. The molecule has 3 rings (SSSR count). The maximum absolute atomic E-state index is 12.1. The quantitative estimate of drug-likeness (QED) is 0.469. The zero-order valence-corrected chi connectivity index (χ0v) is 18.1. The van der Waals surface area contributed by atoms with Crippen molar-refractivity contribution in [1.82, 2.24) is 4.98 Å². The minimum atomic E-state index is -4.23. The number of carbonyl (C=O) groups is 1. The molecule has 1 aliphatic rings. The van der Waals surface area contributed by atoms with Gasteiger partial charge in [0.2, 0.25) is 0 Å². The van der Waals surface area contributed by atoms with Crippen LogP contribution in [0.25, 0.3) is 10.2 Å². The van der Waals surface area contributed by atoms with Gasteiger partial charge in [-0.25, -0.2) is 14.3 Å². The Balaban J connectivity index is 1.71. The highest BCUT2D eigenvalue weighted by Crippen LogP contribution is 2.44. The Morgan fingerprint density at radius 3 is 2.79 bits per heavy atom. The summed E-state index contributed by atoms with van der Waals surface area (Å²) in [6.45, 7) is 0.647. The van der Waals surface area contributed by atoms with Crippen molar-refractivity contribution in [2.75, 3.05) is 40.0 Å². The molecule has 2 N–H and O–H groups in total. The Bertz CT molecular complexity index is 971. The Morgan fingerprint density at radius 1 is 1.39 bits per heavy atom. The van der Waals surface area contributed by atoms with Gasteiger partial charge in [0.05, 0.1) is 31.4 Å². The fraction of sp³-hybridized carbons (Fsp3) is 0.438. The number of hydrogen-bond donors (Lipinski definition) is 2. The average Bonchev–Trinajstić information content (AvgIpc) is 3.19. The largest absolute Gasteiger partial charge is 0.527 e. The highest BCUT2D eigenvalue weighted by molar-refractivity contribution is 8.15. The fourth-order valence-electron chi connectivity index (χ4n) is 2.26. The van der Waals surface area contributed by atoms with Crippen LogP contribution in [-0.2, 0) is 13.9 Å². The average molecular weight is 446 g/mol. The molecule has 0 saturated carbocycles. The molecule has 12 heteroatoms. The molecule has 0 aliphatic carbocycles. The standard InChI is InChI=1S/C16H20N3O6PS2/c1-19(2,3)6-7-24-26(22,23)25-10-4-5-11-13(8-10)28-15(17-11)14-18-12(9-27-14)16(20)21/h4-5,8,12H,6-7,9H2,1-3H3,(H-,20,21,22,23)/p+1/t12-/m1/s1. The maximum atomic E-state index is 12.1. The van der Waals surface area contributed by atoms with Crippen LogP contribution >= 0.6 is 30.9 Å². The summed E-state index contributed by atoms with van der Waals surface area (Å²) < 4.78 is 23.6. The van der Waals surface area contributed by atoms with Gasteiger partial charge in [-0.15, -0.1) is 23.1 Å². The second-order valence-corrected chi connectivity index (χ2v) is 10.6. The lowest BCUT2D eigenvalue weighted by Crippen LogP contribution is -2.37. The topological polar surface area (TPSA) is 118 Å². The molecule has 1 unspecified atom stereocenters. The van der Waals surface area contributed by atoms with Gasteiger partial charge in [-0.05, 0) is 12.1 Å². The number of carboxylic acid groups (broad SMARTS) is 1. The van der Waals surface area contributed by atoms with Crippen molar-refractivity contribution in [3.63, 3.8) is 0 Å². The number of thiazole rings is 1. The minimum Gasteiger partial charge on any atom is -0.480 e. The number of quaternary nitrogens is 1. The summed E-state index contributed by atoms with van der Waals surface area (Å²) in [5, 5.41) is 10.3. The number of likely N-dealkylation sites (N-methyl/N-ethyl adjacent to an activating group) is 1. The number of nitrogens with zero attached hydrogens (tertiary/aromatic N) is 3. The van der Waals surface area contributed by atoms with Gasteiger partial charge in [0, 0.05) is 11.8 Å². The summed E-state index contributed by atoms with van der Waals surface area (Å²) in [7, 11) is 1.62. The molecule has 0 bridgehead atoms. The van der Waals surface area contributed by atoms with E-state index in [1.165, 1.54) is 23.1 Å². The van der Waals surface area contributed by atoms with Crippen molar-refractivity contribution in [3.05, 3.63) is 23.2 Å². The van der Waals surface area contributed by atoms with E-state index < -0.39 is 19.8 Å². The third kappa shape index (κ3) is 5.53. The zero-order chi connectivity index (χ0) is 20.5. The second-order valence-electron chi connectivity index (χ2n) is 7.15. The van der Waals surface area contributed by atoms with Crippen molar-refractivity contribution in [3.8, 4) is 5.75 Å². The van der Waals surface area contributed by atoms with E-state index in [1.807, 2.05) is 21.1 Å². The van der Waals surface area contributed by atoms with Crippen molar-refractivity contribution in [2.45, 2.75) is 6.04 Å². The van der Waals surface area contributed by atoms with Crippen molar-refractivity contribution in [2.24, 2.45) is 4.99 Å². The monoisotopic (exact) mass is 446 g/mol. The van der Waals surface area contributed by atoms with Crippen molar-refractivity contribution < 1.29 is 32.9 Å². The predicted octanol–water partition coefficient (Wildman–Crippen LogP) is 2.44. The van der Waals surface area contributed by atoms with E-state index >= 15 is 0 Å². The van der Waals surface area contributed by atoms with E-state index in [0.29, 0.717) is 32.3 Å². The summed E-state index contributed by atoms with van der Waals surface area (Å²) in [5.41, 5.74) is 0.674. The summed E-state index contributed by atoms with van der Waals surface area (Å²) >= 11 is 2.67. The van der Waals surface area contributed by atoms with Crippen LogP contribution in [0.4, 0.5) is 0 Å². The van der Waals surface area contributed by atoms with E-state index in [1.54, 1.807) is 18.2 Å². The molecule has 28 heavy (non-hydrogen) atoms. The van der Waals surface area contributed by atoms with Gasteiger partial charge in [-0.1, -0.05) is 0 Å². The first-order valence-corrected chi connectivity index (χ1v) is 11.6. The zero-order valence-electron chi connectivity index (χ0n) is 15.6. The maximum Gasteiger partial charge on any atom is 0.527 e. The lowest BCUT2D eigenvalue weighted by molar-refractivity contribution is -0.870. The van der Waals surface area contributed by atoms with Gasteiger partial charge in [-0.2, -0.15) is 0 Å². The first-order chi connectivity index (χ1) is 13.0. The Morgan fingerprint density at radius 2 is 2.14 bits per heavy atom. The molecule has 0 fully saturated rings. The van der Waals surface area contributed by atoms with Crippen LogP contribution in [0.15, 0.2) is 23.2 Å². The number of hydrogen-bond acceptors (Lipinski definition) is 8. The number of phosphoric acid groups is 1. The third-order valence-corrected chi connectivity index (χ3v) is 6.88. The van der Waals surface area contributed by atoms with Crippen LogP contribution in [0.1, 0.15) is 5.01 Å². The van der Waals surface area contributed by atoms with Crippen LogP contribution in [-0.4, -0.2) is 76.6 Å². The predicted molar refractivity (Wildman–Crippen MR) is 109 cm³/mol. The molecule has 1 aliphatic heterocycles. The lowest BCUT2D eigenvalue weighted by atomic mass is 10.3. The molecule has 2 aromatic rings. The molecular weight excluding hydrogens is 425 g/mol. The molecule has 0 amide bonds. The number of aliphatic carboxylic acids is 1. The van der Waals surface area contributed by atoms with Crippen LogP contribution < -0.4 is 4.52 Å². The first-order valence-electron chi connectivity index (χ1n) is 8.34. The summed E-state index contributed by atoms with van der Waals surface area (Å²) in [4.78, 5) is 29.6. The molecule has 0 radical (unpaired) electrons. The van der Waals surface area contributed by atoms with Crippen LogP contribution in [0, 0.1) is 0 Å². The Kier molecular flexibility index (Phi) is 6.14. The number of fused-ring (bicyclic) bond motifs is 1. The highest BCUT2D eigenvalue weighted by atomic mass is 32.2. The van der Waals surface area contributed by atoms with E-state index in [9.17, 15) is 14.3 Å². The van der Waals surface area contributed by atoms with Gasteiger partial charge in [0.15, 0.2) is 6.04 Å². The Labute approximate surface area is 170 Å². The number of carboxylic acids is 1. The van der Waals surface area contributed by atoms with Crippen molar-refractivity contribution >= 4 is 52.2 Å². The van der Waals surface area contributed by atoms with Crippen LogP contribution in [0.5, 0.6) is 5.75 Å². The smallest absolute Gasteiger partial charge is 0.480 e. The minimum absolute atomic E-state index is 0.0893. The number of thioether (sulfide) groups is 1. The number of aliphatic imine (C=N–C) groups is 1. The van der Waals surface area contributed by atoms with Crippen LogP contribution in [0.3, 0.4) is 0 Å². The fourth-order valence-corrected chi connectivity index (χ4v) is 5.10. The second kappa shape index (κ2) is 8.10. The van der Waals surface area contributed by atoms with Crippen molar-refractivity contribution in [1.29, 1.82) is 0 Å².